The molecule has 0 radical (unpaired) electrons. The third-order valence-electron chi connectivity index (χ3n) is 4.23. The lowest BCUT2D eigenvalue weighted by Crippen LogP contribution is -2.44. The van der Waals surface area contributed by atoms with Gasteiger partial charge in [-0.2, -0.15) is 0 Å². The van der Waals surface area contributed by atoms with Gasteiger partial charge in [-0.3, -0.25) is 0 Å². The first kappa shape index (κ1) is 16.6. The molecular weight excluding hydrogens is 288 g/mol. The normalized spacial score (nSPS) is 42.7. The Hall–Kier alpha value is -0.240. The number of rotatable bonds is 5. The standard InChI is InChI=1S/C16H28O6/c1-6-7-8-17-12-11(10-9-18-15(2,3)20-10)19-14-13(12)21-16(4,5)22-14/h10-14H,6-9H2,1-5H3/t10-,11-,12-,13+,14-/m0/s1. The Labute approximate surface area is 132 Å². The number of hydrogen-bond acceptors (Lipinski definition) is 6. The highest BCUT2D eigenvalue weighted by Gasteiger charge is 2.58. The first-order chi connectivity index (χ1) is 10.3. The molecule has 3 aliphatic heterocycles. The summed E-state index contributed by atoms with van der Waals surface area (Å²) in [6.07, 6.45) is 0.889. The molecule has 6 nitrogen and oxygen atoms in total. The molecular formula is C16H28O6. The van der Waals surface area contributed by atoms with Gasteiger partial charge in [0, 0.05) is 6.61 Å². The molecule has 0 saturated carbocycles. The minimum atomic E-state index is -0.640. The van der Waals surface area contributed by atoms with Gasteiger partial charge in [0.05, 0.1) is 6.61 Å². The highest BCUT2D eigenvalue weighted by molar-refractivity contribution is 4.98. The third kappa shape index (κ3) is 3.32. The SMILES string of the molecule is CCCCO[C@H]1[C@H]([C@@H]2COC(C)(C)O2)O[C@H]2OC(C)(C)O[C@@H]21. The van der Waals surface area contributed by atoms with E-state index in [0.717, 1.165) is 12.8 Å². The fourth-order valence-electron chi connectivity index (χ4n) is 3.23. The maximum atomic E-state index is 6.08. The van der Waals surface area contributed by atoms with Crippen LogP contribution in [0, 0.1) is 0 Å². The lowest BCUT2D eigenvalue weighted by molar-refractivity contribution is -0.236. The van der Waals surface area contributed by atoms with Crippen molar-refractivity contribution in [2.45, 2.75) is 89.7 Å². The first-order valence-electron chi connectivity index (χ1n) is 8.26. The zero-order valence-corrected chi connectivity index (χ0v) is 14.2. The monoisotopic (exact) mass is 316 g/mol. The summed E-state index contributed by atoms with van der Waals surface area (Å²) in [4.78, 5) is 0. The van der Waals surface area contributed by atoms with Gasteiger partial charge in [-0.05, 0) is 34.1 Å². The Balaban J connectivity index is 1.69. The smallest absolute Gasteiger partial charge is 0.190 e. The maximum absolute atomic E-state index is 6.08. The van der Waals surface area contributed by atoms with Crippen LogP contribution in [0.15, 0.2) is 0 Å². The molecule has 3 rings (SSSR count). The quantitative estimate of drug-likeness (QED) is 0.725. The molecule has 0 aliphatic carbocycles. The van der Waals surface area contributed by atoms with Crippen LogP contribution >= 0.6 is 0 Å². The Bertz CT molecular complexity index is 396. The average molecular weight is 316 g/mol. The van der Waals surface area contributed by atoms with Gasteiger partial charge >= 0.3 is 0 Å². The summed E-state index contributed by atoms with van der Waals surface area (Å²) in [5.74, 6) is -1.22. The van der Waals surface area contributed by atoms with Crippen LogP contribution in [-0.4, -0.2) is 55.5 Å². The van der Waals surface area contributed by atoms with Crippen molar-refractivity contribution in [1.29, 1.82) is 0 Å². The number of fused-ring (bicyclic) bond motifs is 1. The van der Waals surface area contributed by atoms with Crippen LogP contribution < -0.4 is 0 Å². The van der Waals surface area contributed by atoms with Crippen molar-refractivity contribution < 1.29 is 28.4 Å². The van der Waals surface area contributed by atoms with E-state index in [0.29, 0.717) is 13.2 Å². The van der Waals surface area contributed by atoms with E-state index in [4.69, 9.17) is 28.4 Å². The van der Waals surface area contributed by atoms with Crippen LogP contribution in [0.2, 0.25) is 0 Å². The summed E-state index contributed by atoms with van der Waals surface area (Å²) in [5.41, 5.74) is 0. The van der Waals surface area contributed by atoms with Gasteiger partial charge in [0.2, 0.25) is 0 Å². The van der Waals surface area contributed by atoms with Crippen LogP contribution in [0.25, 0.3) is 0 Å². The van der Waals surface area contributed by atoms with Crippen molar-refractivity contribution in [3.63, 3.8) is 0 Å². The maximum Gasteiger partial charge on any atom is 0.190 e. The fraction of sp³-hybridized carbons (Fsp3) is 1.00. The van der Waals surface area contributed by atoms with E-state index < -0.39 is 17.9 Å². The van der Waals surface area contributed by atoms with Crippen molar-refractivity contribution in [1.82, 2.24) is 0 Å². The van der Waals surface area contributed by atoms with E-state index in [-0.39, 0.29) is 24.4 Å². The highest BCUT2D eigenvalue weighted by Crippen LogP contribution is 2.41. The van der Waals surface area contributed by atoms with Crippen LogP contribution in [0.4, 0.5) is 0 Å². The summed E-state index contributed by atoms with van der Waals surface area (Å²) in [6, 6.07) is 0. The molecule has 0 spiro atoms. The van der Waals surface area contributed by atoms with Gasteiger partial charge in [-0.25, -0.2) is 0 Å². The predicted molar refractivity (Wildman–Crippen MR) is 78.3 cm³/mol. The molecule has 0 unspecified atom stereocenters. The van der Waals surface area contributed by atoms with Gasteiger partial charge < -0.3 is 28.4 Å². The average Bonchev–Trinajstić information content (AvgIpc) is 3.01. The summed E-state index contributed by atoms with van der Waals surface area (Å²) in [6.45, 7) is 10.9. The van der Waals surface area contributed by atoms with Gasteiger partial charge in [-0.1, -0.05) is 13.3 Å². The number of ether oxygens (including phenoxy) is 6. The van der Waals surface area contributed by atoms with E-state index in [9.17, 15) is 0 Å². The van der Waals surface area contributed by atoms with Crippen molar-refractivity contribution in [2.75, 3.05) is 13.2 Å². The first-order valence-corrected chi connectivity index (χ1v) is 8.26. The van der Waals surface area contributed by atoms with Gasteiger partial charge in [0.15, 0.2) is 17.9 Å². The highest BCUT2D eigenvalue weighted by atomic mass is 16.8. The molecule has 0 bridgehead atoms. The third-order valence-corrected chi connectivity index (χ3v) is 4.23. The van der Waals surface area contributed by atoms with Crippen LogP contribution in [0.1, 0.15) is 47.5 Å². The molecule has 22 heavy (non-hydrogen) atoms. The summed E-state index contributed by atoms with van der Waals surface area (Å²) in [7, 11) is 0. The number of hydrogen-bond donors (Lipinski definition) is 0. The fourth-order valence-corrected chi connectivity index (χ4v) is 3.23. The summed E-state index contributed by atoms with van der Waals surface area (Å²) in [5, 5.41) is 0. The van der Waals surface area contributed by atoms with E-state index in [2.05, 4.69) is 6.92 Å². The minimum Gasteiger partial charge on any atom is -0.372 e. The van der Waals surface area contributed by atoms with E-state index in [1.54, 1.807) is 0 Å². The summed E-state index contributed by atoms with van der Waals surface area (Å²) < 4.78 is 35.6. The van der Waals surface area contributed by atoms with E-state index in [1.807, 2.05) is 27.7 Å². The zero-order chi connectivity index (χ0) is 16.0. The Morgan fingerprint density at radius 1 is 1.00 bits per heavy atom. The van der Waals surface area contributed by atoms with E-state index >= 15 is 0 Å². The molecule has 0 aromatic rings. The van der Waals surface area contributed by atoms with Crippen molar-refractivity contribution >= 4 is 0 Å². The zero-order valence-electron chi connectivity index (χ0n) is 14.2. The summed E-state index contributed by atoms with van der Waals surface area (Å²) >= 11 is 0. The van der Waals surface area contributed by atoms with Gasteiger partial charge in [-0.15, -0.1) is 0 Å². The lowest BCUT2D eigenvalue weighted by atomic mass is 10.1. The predicted octanol–water partition coefficient (Wildman–Crippen LogP) is 2.20. The second-order valence-corrected chi connectivity index (χ2v) is 7.13. The van der Waals surface area contributed by atoms with Crippen LogP contribution in [0.5, 0.6) is 0 Å². The second-order valence-electron chi connectivity index (χ2n) is 7.13. The molecule has 5 atom stereocenters. The Morgan fingerprint density at radius 2 is 1.77 bits per heavy atom. The van der Waals surface area contributed by atoms with Crippen molar-refractivity contribution in [3.05, 3.63) is 0 Å². The van der Waals surface area contributed by atoms with Gasteiger partial charge in [0.1, 0.15) is 24.4 Å². The molecule has 3 saturated heterocycles. The largest absolute Gasteiger partial charge is 0.372 e. The van der Waals surface area contributed by atoms with E-state index in [1.165, 1.54) is 0 Å². The van der Waals surface area contributed by atoms with Gasteiger partial charge in [0.25, 0.3) is 0 Å². The molecule has 0 amide bonds. The molecule has 6 heteroatoms. The molecule has 3 fully saturated rings. The molecule has 3 aliphatic rings. The lowest BCUT2D eigenvalue weighted by Gasteiger charge is -2.29. The molecule has 3 heterocycles. The molecule has 0 N–H and O–H groups in total. The van der Waals surface area contributed by atoms with Crippen molar-refractivity contribution in [3.8, 4) is 0 Å². The molecule has 0 aromatic carbocycles. The molecule has 128 valence electrons. The second kappa shape index (κ2) is 6.00. The van der Waals surface area contributed by atoms with Crippen LogP contribution in [0.3, 0.4) is 0 Å². The topological polar surface area (TPSA) is 55.4 Å². The number of unbranched alkanes of at least 4 members (excludes halogenated alkanes) is 1. The molecule has 0 aromatic heterocycles. The van der Waals surface area contributed by atoms with Crippen molar-refractivity contribution in [2.24, 2.45) is 0 Å². The van der Waals surface area contributed by atoms with Crippen LogP contribution in [-0.2, 0) is 28.4 Å². The Morgan fingerprint density at radius 3 is 2.41 bits per heavy atom. The Kier molecular flexibility index (Phi) is 4.53. The minimum absolute atomic E-state index is 0.164.